The van der Waals surface area contributed by atoms with Crippen LogP contribution >= 0.6 is 0 Å². The van der Waals surface area contributed by atoms with Gasteiger partial charge >= 0.3 is 0 Å². The fourth-order valence-corrected chi connectivity index (χ4v) is 4.18. The van der Waals surface area contributed by atoms with Crippen LogP contribution in [0.4, 0.5) is 0 Å². The molecule has 0 aliphatic heterocycles. The summed E-state index contributed by atoms with van der Waals surface area (Å²) >= 11 is 0. The Bertz CT molecular complexity index is 730. The van der Waals surface area contributed by atoms with E-state index in [0.717, 1.165) is 31.2 Å². The Morgan fingerprint density at radius 1 is 1.15 bits per heavy atom. The number of ether oxygens (including phenoxy) is 2. The Kier molecular flexibility index (Phi) is 7.91. The van der Waals surface area contributed by atoms with Crippen LogP contribution < -0.4 is 14.8 Å². The topological polar surface area (TPSA) is 84.9 Å². The van der Waals surface area contributed by atoms with Gasteiger partial charge in [0.05, 0.1) is 20.5 Å². The summed E-state index contributed by atoms with van der Waals surface area (Å²) in [7, 11) is -0.257. The second kappa shape index (κ2) is 9.94. The molecule has 0 spiro atoms. The highest BCUT2D eigenvalue weighted by Gasteiger charge is 2.20. The lowest BCUT2D eigenvalue weighted by molar-refractivity contribution is -0.121. The minimum absolute atomic E-state index is 0.0818. The van der Waals surface area contributed by atoms with E-state index in [4.69, 9.17) is 9.47 Å². The van der Waals surface area contributed by atoms with Gasteiger partial charge in [-0.2, -0.15) is 0 Å². The third-order valence-corrected chi connectivity index (χ3v) is 6.18. The van der Waals surface area contributed by atoms with Gasteiger partial charge in [-0.1, -0.05) is 18.9 Å². The van der Waals surface area contributed by atoms with E-state index in [1.54, 1.807) is 20.3 Å². The Morgan fingerprint density at radius 3 is 2.41 bits per heavy atom. The van der Waals surface area contributed by atoms with Gasteiger partial charge in [-0.3, -0.25) is 4.79 Å². The number of hydrogen-bond donors (Lipinski definition) is 1. The first-order valence-corrected chi connectivity index (χ1v) is 11.1. The van der Waals surface area contributed by atoms with Crippen molar-refractivity contribution in [1.82, 2.24) is 9.62 Å². The van der Waals surface area contributed by atoms with E-state index in [-0.39, 0.29) is 24.9 Å². The molecule has 0 bridgehead atoms. The maximum absolute atomic E-state index is 12.1. The molecular formula is C19H30N2O5S. The number of carbonyl (C=O) groups is 1. The monoisotopic (exact) mass is 398 g/mol. The molecule has 1 amide bonds. The van der Waals surface area contributed by atoms with E-state index in [1.807, 2.05) is 12.1 Å². The number of carbonyl (C=O) groups excluding carboxylic acids is 1. The molecule has 27 heavy (non-hydrogen) atoms. The molecule has 2 rings (SSSR count). The number of rotatable bonds is 10. The molecule has 0 heterocycles. The predicted molar refractivity (Wildman–Crippen MR) is 105 cm³/mol. The second-order valence-corrected chi connectivity index (χ2v) is 8.88. The summed E-state index contributed by atoms with van der Waals surface area (Å²) in [6, 6.07) is 5.77. The van der Waals surface area contributed by atoms with Crippen LogP contribution in [-0.2, 0) is 21.2 Å². The van der Waals surface area contributed by atoms with Gasteiger partial charge in [-0.05, 0) is 37.0 Å². The van der Waals surface area contributed by atoms with E-state index >= 15 is 0 Å². The highest BCUT2D eigenvalue weighted by molar-refractivity contribution is 7.88. The highest BCUT2D eigenvalue weighted by atomic mass is 32.2. The minimum atomic E-state index is -3.39. The molecule has 152 valence electrons. The van der Waals surface area contributed by atoms with Crippen molar-refractivity contribution in [2.24, 2.45) is 0 Å². The normalized spacial score (nSPS) is 15.1. The third kappa shape index (κ3) is 6.70. The van der Waals surface area contributed by atoms with Crippen molar-refractivity contribution in [3.63, 3.8) is 0 Å². The van der Waals surface area contributed by atoms with Gasteiger partial charge in [0.1, 0.15) is 0 Å². The first-order chi connectivity index (χ1) is 12.8. The number of sulfonamides is 1. The lowest BCUT2D eigenvalue weighted by atomic mass is 10.1. The van der Waals surface area contributed by atoms with E-state index in [0.29, 0.717) is 24.5 Å². The quantitative estimate of drug-likeness (QED) is 0.651. The molecule has 1 aromatic carbocycles. The van der Waals surface area contributed by atoms with Crippen LogP contribution in [0.2, 0.25) is 0 Å². The van der Waals surface area contributed by atoms with Crippen molar-refractivity contribution in [3.8, 4) is 11.5 Å². The van der Waals surface area contributed by atoms with Crippen molar-refractivity contribution < 1.29 is 22.7 Å². The smallest absolute Gasteiger partial charge is 0.221 e. The van der Waals surface area contributed by atoms with E-state index < -0.39 is 10.0 Å². The molecule has 0 aromatic heterocycles. The Morgan fingerprint density at radius 2 is 1.81 bits per heavy atom. The molecule has 0 unspecified atom stereocenters. The summed E-state index contributed by atoms with van der Waals surface area (Å²) in [5.41, 5.74) is 0.941. The molecule has 8 heteroatoms. The molecule has 1 aliphatic carbocycles. The van der Waals surface area contributed by atoms with Crippen LogP contribution in [0.5, 0.6) is 11.5 Å². The summed E-state index contributed by atoms with van der Waals surface area (Å²) in [6.45, 7) is 0.496. The molecule has 7 nitrogen and oxygen atoms in total. The molecule has 0 saturated heterocycles. The van der Waals surface area contributed by atoms with Crippen molar-refractivity contribution in [2.75, 3.05) is 33.6 Å². The predicted octanol–water partition coefficient (Wildman–Crippen LogP) is 1.96. The average molecular weight is 399 g/mol. The Balaban J connectivity index is 1.91. The van der Waals surface area contributed by atoms with Gasteiger partial charge in [0.25, 0.3) is 0 Å². The maximum Gasteiger partial charge on any atom is 0.221 e. The molecule has 1 aliphatic rings. The van der Waals surface area contributed by atoms with Crippen molar-refractivity contribution in [3.05, 3.63) is 23.8 Å². The molecular weight excluding hydrogens is 368 g/mol. The van der Waals surface area contributed by atoms with Gasteiger partial charge in [-0.25, -0.2) is 12.7 Å². The summed E-state index contributed by atoms with van der Waals surface area (Å²) in [5, 5.41) is 3.00. The van der Waals surface area contributed by atoms with Crippen molar-refractivity contribution in [1.29, 1.82) is 0 Å². The minimum Gasteiger partial charge on any atom is -0.493 e. The van der Waals surface area contributed by atoms with Crippen LogP contribution in [0.1, 0.15) is 37.7 Å². The van der Waals surface area contributed by atoms with E-state index in [1.165, 1.54) is 10.6 Å². The zero-order valence-electron chi connectivity index (χ0n) is 16.4. The lowest BCUT2D eigenvalue weighted by Gasteiger charge is -2.20. The number of benzene rings is 1. The number of hydrogen-bond acceptors (Lipinski definition) is 5. The molecule has 1 fully saturated rings. The largest absolute Gasteiger partial charge is 0.493 e. The van der Waals surface area contributed by atoms with E-state index in [9.17, 15) is 13.2 Å². The Labute approximate surface area is 162 Å². The number of methoxy groups -OCH3 is 2. The maximum atomic E-state index is 12.1. The number of nitrogens with zero attached hydrogens (tertiary/aromatic N) is 1. The lowest BCUT2D eigenvalue weighted by Crippen LogP contribution is -2.38. The summed E-state index contributed by atoms with van der Waals surface area (Å²) in [4.78, 5) is 12.1. The Hall–Kier alpha value is -1.80. The average Bonchev–Trinajstić information content (AvgIpc) is 3.13. The SMILES string of the molecule is COc1ccc(CCN(CCC(=O)NC2CCCC2)S(C)(=O)=O)cc1OC. The van der Waals surface area contributed by atoms with Crippen molar-refractivity contribution in [2.45, 2.75) is 44.6 Å². The van der Waals surface area contributed by atoms with E-state index in [2.05, 4.69) is 5.32 Å². The number of nitrogens with one attached hydrogen (secondary N) is 1. The fourth-order valence-electron chi connectivity index (χ4n) is 3.33. The first-order valence-electron chi connectivity index (χ1n) is 9.29. The van der Waals surface area contributed by atoms with Gasteiger partial charge in [0, 0.05) is 25.6 Å². The highest BCUT2D eigenvalue weighted by Crippen LogP contribution is 2.27. The molecule has 1 saturated carbocycles. The zero-order chi connectivity index (χ0) is 19.9. The van der Waals surface area contributed by atoms with Gasteiger partial charge in [0.15, 0.2) is 11.5 Å². The van der Waals surface area contributed by atoms with Gasteiger partial charge < -0.3 is 14.8 Å². The molecule has 1 N–H and O–H groups in total. The standard InChI is InChI=1S/C19H30N2O5S/c1-25-17-9-8-15(14-18(17)26-2)10-12-21(27(3,23)24)13-11-19(22)20-16-6-4-5-7-16/h8-9,14,16H,4-7,10-13H2,1-3H3,(H,20,22). The molecule has 0 radical (unpaired) electrons. The summed E-state index contributed by atoms with van der Waals surface area (Å²) < 4.78 is 36.0. The summed E-state index contributed by atoms with van der Waals surface area (Å²) in [5.74, 6) is 1.16. The molecule has 0 atom stereocenters. The van der Waals surface area contributed by atoms with Crippen LogP contribution in [0, 0.1) is 0 Å². The molecule has 1 aromatic rings. The van der Waals surface area contributed by atoms with Gasteiger partial charge in [-0.15, -0.1) is 0 Å². The fraction of sp³-hybridized carbons (Fsp3) is 0.632. The third-order valence-electron chi connectivity index (χ3n) is 4.88. The first kappa shape index (κ1) is 21.5. The van der Waals surface area contributed by atoms with Crippen LogP contribution in [0.3, 0.4) is 0 Å². The van der Waals surface area contributed by atoms with Crippen LogP contribution in [0.25, 0.3) is 0 Å². The van der Waals surface area contributed by atoms with Gasteiger partial charge in [0.2, 0.25) is 15.9 Å². The van der Waals surface area contributed by atoms with Crippen LogP contribution in [-0.4, -0.2) is 58.2 Å². The van der Waals surface area contributed by atoms with Crippen LogP contribution in [0.15, 0.2) is 18.2 Å². The van der Waals surface area contributed by atoms with Crippen molar-refractivity contribution >= 4 is 15.9 Å². The number of amides is 1. The second-order valence-electron chi connectivity index (χ2n) is 6.90. The zero-order valence-corrected chi connectivity index (χ0v) is 17.2. The summed E-state index contributed by atoms with van der Waals surface area (Å²) in [6.07, 6.45) is 6.20.